The normalized spacial score (nSPS) is 11.6. The summed E-state index contributed by atoms with van der Waals surface area (Å²) in [6, 6.07) is 22.5. The van der Waals surface area contributed by atoms with Gasteiger partial charge in [-0.3, -0.25) is 19.0 Å². The van der Waals surface area contributed by atoms with E-state index in [-0.39, 0.29) is 0 Å². The van der Waals surface area contributed by atoms with E-state index in [1.165, 1.54) is 15.9 Å². The van der Waals surface area contributed by atoms with Gasteiger partial charge >= 0.3 is 5.69 Å². The first-order valence-corrected chi connectivity index (χ1v) is 13.0. The second-order valence-electron chi connectivity index (χ2n) is 8.99. The smallest absolute Gasteiger partial charge is 0.275 e. The van der Waals surface area contributed by atoms with E-state index in [0.717, 1.165) is 32.1 Å². The van der Waals surface area contributed by atoms with Crippen molar-refractivity contribution in [2.45, 2.75) is 0 Å². The van der Waals surface area contributed by atoms with E-state index in [0.29, 0.717) is 26.6 Å². The van der Waals surface area contributed by atoms with E-state index >= 15 is 0 Å². The van der Waals surface area contributed by atoms with Crippen molar-refractivity contribution in [1.82, 2.24) is 23.9 Å². The molecule has 38 heavy (non-hydrogen) atoms. The highest BCUT2D eigenvalue weighted by Gasteiger charge is 2.21. The van der Waals surface area contributed by atoms with Crippen LogP contribution in [0.2, 0.25) is 5.02 Å². The molecule has 0 aliphatic carbocycles. The Kier molecular flexibility index (Phi) is 5.07. The molecule has 0 unspecified atom stereocenters. The summed E-state index contributed by atoms with van der Waals surface area (Å²) in [5.74, 6) is 0. The fourth-order valence-corrected chi connectivity index (χ4v) is 6.30. The highest BCUT2D eigenvalue weighted by Crippen LogP contribution is 2.36. The fraction of sp³-hybridized carbons (Fsp3) is 0.0345. The van der Waals surface area contributed by atoms with E-state index in [1.54, 1.807) is 21.6 Å². The number of halogens is 1. The maximum atomic E-state index is 14.3. The third-order valence-corrected chi connectivity index (χ3v) is 8.10. The van der Waals surface area contributed by atoms with Crippen LogP contribution in [0.3, 0.4) is 0 Å². The molecule has 0 atom stereocenters. The SMILES string of the molecule is Cn1cc2ccc(-n3c(=O)n(-c4cncc5ccccc45)c(=O)c4sc(-c5ccccc5Cl)cc43)cc2n1. The van der Waals surface area contributed by atoms with Gasteiger partial charge in [0, 0.05) is 51.1 Å². The van der Waals surface area contributed by atoms with Crippen LogP contribution in [0, 0.1) is 0 Å². The van der Waals surface area contributed by atoms with Crippen LogP contribution < -0.4 is 11.2 Å². The van der Waals surface area contributed by atoms with Crippen molar-refractivity contribution in [1.29, 1.82) is 0 Å². The second-order valence-corrected chi connectivity index (χ2v) is 10.4. The van der Waals surface area contributed by atoms with Crippen LogP contribution in [0.1, 0.15) is 0 Å². The van der Waals surface area contributed by atoms with Crippen molar-refractivity contribution < 1.29 is 0 Å². The minimum atomic E-state index is -0.487. The van der Waals surface area contributed by atoms with Gasteiger partial charge < -0.3 is 0 Å². The Bertz CT molecular complexity index is 2170. The maximum Gasteiger partial charge on any atom is 0.340 e. The van der Waals surface area contributed by atoms with Gasteiger partial charge in [-0.25, -0.2) is 9.36 Å². The number of nitrogens with zero attached hydrogens (tertiary/aromatic N) is 5. The van der Waals surface area contributed by atoms with Crippen molar-refractivity contribution in [3.63, 3.8) is 0 Å². The van der Waals surface area contributed by atoms with Gasteiger partial charge in [0.25, 0.3) is 5.56 Å². The summed E-state index contributed by atoms with van der Waals surface area (Å²) in [6.07, 6.45) is 5.20. The Morgan fingerprint density at radius 3 is 2.55 bits per heavy atom. The molecular weight excluding hydrogens is 518 g/mol. The van der Waals surface area contributed by atoms with E-state index in [9.17, 15) is 9.59 Å². The summed E-state index contributed by atoms with van der Waals surface area (Å²) in [7, 11) is 1.85. The monoisotopic (exact) mass is 535 g/mol. The molecule has 0 N–H and O–H groups in total. The molecule has 7 rings (SSSR count). The molecule has 0 aliphatic heterocycles. The molecule has 9 heteroatoms. The Balaban J connectivity index is 1.62. The maximum absolute atomic E-state index is 14.3. The van der Waals surface area contributed by atoms with Gasteiger partial charge in [0.1, 0.15) is 4.70 Å². The van der Waals surface area contributed by atoms with E-state index in [4.69, 9.17) is 11.6 Å². The molecule has 0 bridgehead atoms. The van der Waals surface area contributed by atoms with Gasteiger partial charge in [-0.1, -0.05) is 54.1 Å². The zero-order valence-electron chi connectivity index (χ0n) is 20.0. The van der Waals surface area contributed by atoms with Crippen LogP contribution >= 0.6 is 22.9 Å². The molecule has 0 spiro atoms. The third kappa shape index (κ3) is 3.42. The highest BCUT2D eigenvalue weighted by atomic mass is 35.5. The summed E-state index contributed by atoms with van der Waals surface area (Å²) in [5, 5.41) is 7.64. The quantitative estimate of drug-likeness (QED) is 0.280. The number of hydrogen-bond acceptors (Lipinski definition) is 5. The molecule has 7 nitrogen and oxygen atoms in total. The lowest BCUT2D eigenvalue weighted by Crippen LogP contribution is -2.38. The van der Waals surface area contributed by atoms with Crippen LogP contribution in [0.15, 0.2) is 101 Å². The average molecular weight is 536 g/mol. The molecule has 4 aromatic heterocycles. The molecule has 3 aromatic carbocycles. The summed E-state index contributed by atoms with van der Waals surface area (Å²) >= 11 is 7.82. The fourth-order valence-electron chi connectivity index (χ4n) is 4.89. The van der Waals surface area contributed by atoms with Crippen molar-refractivity contribution in [2.75, 3.05) is 0 Å². The van der Waals surface area contributed by atoms with E-state index in [2.05, 4.69) is 10.1 Å². The molecule has 0 saturated heterocycles. The van der Waals surface area contributed by atoms with Crippen molar-refractivity contribution in [3.05, 3.63) is 117 Å². The first-order chi connectivity index (χ1) is 18.5. The molecule has 4 heterocycles. The van der Waals surface area contributed by atoms with E-state index in [1.807, 2.05) is 86.0 Å². The minimum absolute atomic E-state index is 0.401. The number of benzene rings is 3. The Labute approximate surface area is 224 Å². The first-order valence-electron chi connectivity index (χ1n) is 11.8. The minimum Gasteiger partial charge on any atom is -0.275 e. The summed E-state index contributed by atoms with van der Waals surface area (Å²) < 4.78 is 4.96. The Morgan fingerprint density at radius 2 is 1.68 bits per heavy atom. The lowest BCUT2D eigenvalue weighted by molar-refractivity contribution is 0.779. The summed E-state index contributed by atoms with van der Waals surface area (Å²) in [5.41, 5.74) is 2.21. The third-order valence-electron chi connectivity index (χ3n) is 6.62. The van der Waals surface area contributed by atoms with Crippen LogP contribution in [-0.4, -0.2) is 23.9 Å². The number of rotatable bonds is 3. The van der Waals surface area contributed by atoms with E-state index < -0.39 is 11.2 Å². The number of hydrogen-bond donors (Lipinski definition) is 0. The molecule has 0 aliphatic rings. The zero-order chi connectivity index (χ0) is 26.0. The molecule has 0 saturated carbocycles. The lowest BCUT2D eigenvalue weighted by atomic mass is 10.1. The number of aromatic nitrogens is 5. The number of pyridine rings is 1. The van der Waals surface area contributed by atoms with Crippen LogP contribution in [0.4, 0.5) is 0 Å². The molecular formula is C29H18ClN5O2S. The van der Waals surface area contributed by atoms with Crippen molar-refractivity contribution in [3.8, 4) is 21.8 Å². The number of thiophene rings is 1. The first kappa shape index (κ1) is 22.7. The summed E-state index contributed by atoms with van der Waals surface area (Å²) in [4.78, 5) is 33.4. The topological polar surface area (TPSA) is 74.7 Å². The van der Waals surface area contributed by atoms with Gasteiger partial charge in [-0.05, 0) is 30.3 Å². The predicted octanol–water partition coefficient (Wildman–Crippen LogP) is 5.96. The van der Waals surface area contributed by atoms with Crippen LogP contribution in [0.5, 0.6) is 0 Å². The molecule has 184 valence electrons. The molecule has 0 amide bonds. The van der Waals surface area contributed by atoms with Gasteiger partial charge in [0.05, 0.1) is 28.6 Å². The Morgan fingerprint density at radius 1 is 0.868 bits per heavy atom. The van der Waals surface area contributed by atoms with Crippen LogP contribution in [-0.2, 0) is 7.05 Å². The number of aryl methyl sites for hydroxylation is 1. The second kappa shape index (κ2) is 8.51. The van der Waals surface area contributed by atoms with Gasteiger partial charge in [-0.2, -0.15) is 5.10 Å². The van der Waals surface area contributed by atoms with Crippen molar-refractivity contribution in [2.24, 2.45) is 7.05 Å². The summed E-state index contributed by atoms with van der Waals surface area (Å²) in [6.45, 7) is 0. The van der Waals surface area contributed by atoms with Crippen molar-refractivity contribution >= 4 is 54.8 Å². The standard InChI is InChI=1S/C29H18ClN5O2S/c1-33-16-18-10-11-19(12-23(18)32-33)34-24-13-26(21-8-4-5-9-22(21)30)38-27(24)28(36)35(29(34)37)25-15-31-14-17-6-2-3-7-20(17)25/h2-16H,1H3. The zero-order valence-corrected chi connectivity index (χ0v) is 21.6. The predicted molar refractivity (Wildman–Crippen MR) is 153 cm³/mol. The van der Waals surface area contributed by atoms with Gasteiger partial charge in [0.15, 0.2) is 0 Å². The molecule has 7 aromatic rings. The number of fused-ring (bicyclic) bond motifs is 3. The highest BCUT2D eigenvalue weighted by molar-refractivity contribution is 7.22. The molecule has 0 radical (unpaired) electrons. The largest absolute Gasteiger partial charge is 0.340 e. The van der Waals surface area contributed by atoms with Gasteiger partial charge in [-0.15, -0.1) is 11.3 Å². The molecule has 0 fully saturated rings. The average Bonchev–Trinajstić information content (AvgIpc) is 3.52. The lowest BCUT2D eigenvalue weighted by Gasteiger charge is -2.13. The van der Waals surface area contributed by atoms with Crippen LogP contribution in [0.25, 0.3) is 53.7 Å². The Hall–Kier alpha value is -4.53. The van der Waals surface area contributed by atoms with Gasteiger partial charge in [0.2, 0.25) is 0 Å².